The van der Waals surface area contributed by atoms with Crippen molar-refractivity contribution in [1.82, 2.24) is 4.90 Å². The average Bonchev–Trinajstić information content (AvgIpc) is 3.06. The minimum absolute atomic E-state index is 0. The number of halogens is 3. The summed E-state index contributed by atoms with van der Waals surface area (Å²) in [5.41, 5.74) is -0.533. The smallest absolute Gasteiger partial charge is 0.449 e. The maximum absolute atomic E-state index is 12.6. The molecule has 2 rings (SSSR count). The molecule has 0 unspecified atom stereocenters. The van der Waals surface area contributed by atoms with Crippen LogP contribution in [0.25, 0.3) is 0 Å². The molecule has 2 atom stereocenters. The monoisotopic (exact) mass is 331 g/mol. The third kappa shape index (κ3) is 5.71. The van der Waals surface area contributed by atoms with Gasteiger partial charge in [-0.3, -0.25) is 0 Å². The first-order chi connectivity index (χ1) is 9.08. The summed E-state index contributed by atoms with van der Waals surface area (Å²) in [5.74, 6) is -1.13. The van der Waals surface area contributed by atoms with Gasteiger partial charge in [-0.2, -0.15) is 0 Å². The van der Waals surface area contributed by atoms with Gasteiger partial charge in [-0.1, -0.05) is 18.2 Å². The predicted octanol–water partition coefficient (Wildman–Crippen LogP) is 0.875. The Labute approximate surface area is 166 Å². The standard InChI is InChI=1S/C13H22BF3NO2.K/c1-13(2,3)20-12(19)18-6-4-9(5-7-18)10-8-11(10)14(15,16)17;/h9-11H,4-8H2,1-3H3;/q-1;+1/t10-,11+;/m0./s1. The summed E-state index contributed by atoms with van der Waals surface area (Å²) in [6, 6.07) is 0. The van der Waals surface area contributed by atoms with Crippen molar-refractivity contribution in [2.24, 2.45) is 11.8 Å². The minimum Gasteiger partial charge on any atom is -0.449 e. The quantitative estimate of drug-likeness (QED) is 0.703. The third-order valence-electron chi connectivity index (χ3n) is 4.17. The number of hydrogen-bond donors (Lipinski definition) is 0. The SMILES string of the molecule is CC(C)(C)OC(=O)N1CCC([C@@H]2C[C@H]2[B-](F)(F)F)CC1.[K+]. The van der Waals surface area contributed by atoms with Crippen LogP contribution in [-0.4, -0.2) is 36.7 Å². The molecule has 2 aliphatic rings. The minimum atomic E-state index is -4.68. The van der Waals surface area contributed by atoms with Crippen LogP contribution in [-0.2, 0) is 4.74 Å². The molecule has 1 saturated heterocycles. The molecule has 0 radical (unpaired) electrons. The summed E-state index contributed by atoms with van der Waals surface area (Å²) in [7, 11) is 0. The van der Waals surface area contributed by atoms with Crippen LogP contribution in [0.3, 0.4) is 0 Å². The average molecular weight is 331 g/mol. The van der Waals surface area contributed by atoms with Gasteiger partial charge in [-0.15, -0.1) is 0 Å². The Balaban J connectivity index is 0.00000220. The van der Waals surface area contributed by atoms with E-state index in [2.05, 4.69) is 0 Å². The second-order valence-corrected chi connectivity index (χ2v) is 6.99. The largest absolute Gasteiger partial charge is 1.00 e. The fraction of sp³-hybridized carbons (Fsp3) is 0.923. The van der Waals surface area contributed by atoms with Gasteiger partial charge in [0.15, 0.2) is 0 Å². The van der Waals surface area contributed by atoms with Gasteiger partial charge in [0.2, 0.25) is 0 Å². The van der Waals surface area contributed by atoms with Gasteiger partial charge in [0.25, 0.3) is 0 Å². The Morgan fingerprint density at radius 3 is 2.10 bits per heavy atom. The molecular weight excluding hydrogens is 309 g/mol. The Hall–Kier alpha value is 0.761. The number of amides is 1. The van der Waals surface area contributed by atoms with Crippen LogP contribution < -0.4 is 51.4 Å². The molecule has 0 aromatic heterocycles. The molecule has 8 heteroatoms. The van der Waals surface area contributed by atoms with Gasteiger partial charge in [-0.25, -0.2) is 4.79 Å². The van der Waals surface area contributed by atoms with Crippen molar-refractivity contribution >= 4 is 13.1 Å². The number of hydrogen-bond acceptors (Lipinski definition) is 2. The summed E-state index contributed by atoms with van der Waals surface area (Å²) >= 11 is 0. The van der Waals surface area contributed by atoms with Gasteiger partial charge in [0, 0.05) is 13.1 Å². The van der Waals surface area contributed by atoms with Crippen LogP contribution >= 0.6 is 0 Å². The van der Waals surface area contributed by atoms with Crippen molar-refractivity contribution in [1.29, 1.82) is 0 Å². The van der Waals surface area contributed by atoms with Gasteiger partial charge >= 0.3 is 64.5 Å². The fourth-order valence-corrected chi connectivity index (χ4v) is 3.05. The molecule has 0 aromatic rings. The van der Waals surface area contributed by atoms with Crippen molar-refractivity contribution in [3.63, 3.8) is 0 Å². The van der Waals surface area contributed by atoms with Gasteiger partial charge in [0.1, 0.15) is 5.60 Å². The normalized spacial score (nSPS) is 27.0. The summed E-state index contributed by atoms with van der Waals surface area (Å²) in [6.45, 7) is 1.75. The van der Waals surface area contributed by atoms with Crippen LogP contribution in [0.2, 0.25) is 5.82 Å². The Morgan fingerprint density at radius 1 is 1.19 bits per heavy atom. The zero-order chi connectivity index (χ0) is 15.1. The number of likely N-dealkylation sites (tertiary alicyclic amines) is 1. The van der Waals surface area contributed by atoms with Crippen LogP contribution in [0.5, 0.6) is 0 Å². The van der Waals surface area contributed by atoms with Crippen molar-refractivity contribution in [3.8, 4) is 0 Å². The Morgan fingerprint density at radius 2 is 1.71 bits per heavy atom. The van der Waals surface area contributed by atoms with Gasteiger partial charge in [0.05, 0.1) is 0 Å². The van der Waals surface area contributed by atoms with E-state index in [4.69, 9.17) is 4.74 Å². The summed E-state index contributed by atoms with van der Waals surface area (Å²) in [4.78, 5) is 13.5. The molecule has 2 fully saturated rings. The van der Waals surface area contributed by atoms with Crippen LogP contribution in [0.15, 0.2) is 0 Å². The van der Waals surface area contributed by atoms with Crippen LogP contribution in [0.1, 0.15) is 40.0 Å². The van der Waals surface area contributed by atoms with E-state index in [9.17, 15) is 17.7 Å². The Bertz CT molecular complexity index is 379. The van der Waals surface area contributed by atoms with Crippen LogP contribution in [0.4, 0.5) is 17.7 Å². The first-order valence-electron chi connectivity index (χ1n) is 7.26. The molecule has 21 heavy (non-hydrogen) atoms. The molecule has 0 bridgehead atoms. The van der Waals surface area contributed by atoms with Crippen molar-refractivity contribution < 1.29 is 73.9 Å². The van der Waals surface area contributed by atoms with E-state index in [1.54, 1.807) is 25.7 Å². The molecule has 1 aliphatic carbocycles. The fourth-order valence-electron chi connectivity index (χ4n) is 3.05. The maximum atomic E-state index is 12.6. The second-order valence-electron chi connectivity index (χ2n) is 6.99. The van der Waals surface area contributed by atoms with Crippen molar-refractivity contribution in [3.05, 3.63) is 0 Å². The molecule has 3 nitrogen and oxygen atoms in total. The van der Waals surface area contributed by atoms with E-state index in [0.717, 1.165) is 0 Å². The number of carbonyl (C=O) groups excluding carboxylic acids is 1. The van der Waals surface area contributed by atoms with Crippen molar-refractivity contribution in [2.75, 3.05) is 13.1 Å². The molecule has 0 aromatic carbocycles. The summed E-state index contributed by atoms with van der Waals surface area (Å²) in [6.07, 6.45) is 1.25. The molecule has 116 valence electrons. The summed E-state index contributed by atoms with van der Waals surface area (Å²) in [5, 5.41) is 0. The molecule has 1 amide bonds. The maximum Gasteiger partial charge on any atom is 1.00 e. The third-order valence-corrected chi connectivity index (χ3v) is 4.17. The number of rotatable bonds is 2. The summed E-state index contributed by atoms with van der Waals surface area (Å²) < 4.78 is 43.1. The van der Waals surface area contributed by atoms with E-state index < -0.39 is 18.4 Å². The number of carbonyl (C=O) groups is 1. The predicted molar refractivity (Wildman–Crippen MR) is 71.5 cm³/mol. The molecule has 0 spiro atoms. The van der Waals surface area contributed by atoms with Crippen LogP contribution in [0, 0.1) is 11.8 Å². The first kappa shape index (κ1) is 19.8. The van der Waals surface area contributed by atoms with E-state index >= 15 is 0 Å². The van der Waals surface area contributed by atoms with E-state index in [1.807, 2.05) is 0 Å². The molecule has 1 saturated carbocycles. The molecule has 1 aliphatic heterocycles. The molecular formula is C13H22BF3KNO2. The Kier molecular flexibility index (Phi) is 6.71. The number of ether oxygens (including phenoxy) is 1. The zero-order valence-electron chi connectivity index (χ0n) is 13.2. The van der Waals surface area contributed by atoms with Gasteiger partial charge < -0.3 is 22.6 Å². The zero-order valence-corrected chi connectivity index (χ0v) is 16.4. The molecule has 0 N–H and O–H groups in total. The topological polar surface area (TPSA) is 29.5 Å². The second kappa shape index (κ2) is 7.11. The van der Waals surface area contributed by atoms with E-state index in [-0.39, 0.29) is 69.3 Å². The van der Waals surface area contributed by atoms with E-state index in [0.29, 0.717) is 32.4 Å². The molecule has 1 heterocycles. The first-order valence-corrected chi connectivity index (χ1v) is 7.26. The van der Waals surface area contributed by atoms with Gasteiger partial charge in [-0.05, 0) is 39.5 Å². The number of nitrogens with zero attached hydrogens (tertiary/aromatic N) is 1. The van der Waals surface area contributed by atoms with E-state index in [1.165, 1.54) is 0 Å². The number of piperidine rings is 1. The van der Waals surface area contributed by atoms with Crippen molar-refractivity contribution in [2.45, 2.75) is 51.5 Å².